The highest BCUT2D eigenvalue weighted by Crippen LogP contribution is 2.13. The van der Waals surface area contributed by atoms with Crippen molar-refractivity contribution in [2.45, 2.75) is 38.8 Å². The number of aliphatic hydroxyl groups is 1. The zero-order valence-electron chi connectivity index (χ0n) is 10.0. The SMILES string of the molecule is CC(C)NCCS(=O)(=O)N1CCC(O)CC1. The predicted molar refractivity (Wildman–Crippen MR) is 63.7 cm³/mol. The average Bonchev–Trinajstić information content (AvgIpc) is 2.17. The van der Waals surface area contributed by atoms with E-state index >= 15 is 0 Å². The van der Waals surface area contributed by atoms with Crippen LogP contribution in [-0.2, 0) is 10.0 Å². The molecule has 1 aliphatic rings. The smallest absolute Gasteiger partial charge is 0.215 e. The van der Waals surface area contributed by atoms with Crippen molar-refractivity contribution in [1.82, 2.24) is 9.62 Å². The maximum Gasteiger partial charge on any atom is 0.215 e. The third kappa shape index (κ3) is 4.37. The van der Waals surface area contributed by atoms with Gasteiger partial charge in [0.05, 0.1) is 11.9 Å². The number of hydrogen-bond acceptors (Lipinski definition) is 4. The number of sulfonamides is 1. The van der Waals surface area contributed by atoms with Crippen LogP contribution in [0.2, 0.25) is 0 Å². The number of rotatable bonds is 5. The fraction of sp³-hybridized carbons (Fsp3) is 1.00. The second-order valence-corrected chi connectivity index (χ2v) is 6.64. The molecule has 1 fully saturated rings. The lowest BCUT2D eigenvalue weighted by molar-refractivity contribution is 0.113. The standard InChI is InChI=1S/C10H22N2O3S/c1-9(2)11-5-8-16(14,15)12-6-3-10(13)4-7-12/h9-11,13H,3-8H2,1-2H3. The van der Waals surface area contributed by atoms with Crippen LogP contribution < -0.4 is 5.32 Å². The van der Waals surface area contributed by atoms with Gasteiger partial charge in [-0.2, -0.15) is 0 Å². The molecule has 0 radical (unpaired) electrons. The van der Waals surface area contributed by atoms with E-state index in [9.17, 15) is 13.5 Å². The van der Waals surface area contributed by atoms with E-state index in [4.69, 9.17) is 0 Å². The summed E-state index contributed by atoms with van der Waals surface area (Å²) in [4.78, 5) is 0. The van der Waals surface area contributed by atoms with Gasteiger partial charge in [0.2, 0.25) is 10.0 Å². The van der Waals surface area contributed by atoms with Crippen LogP contribution in [0, 0.1) is 0 Å². The highest BCUT2D eigenvalue weighted by atomic mass is 32.2. The minimum absolute atomic E-state index is 0.140. The van der Waals surface area contributed by atoms with Gasteiger partial charge < -0.3 is 10.4 Å². The molecule has 1 saturated heterocycles. The van der Waals surface area contributed by atoms with Crippen molar-refractivity contribution in [2.24, 2.45) is 0 Å². The summed E-state index contributed by atoms with van der Waals surface area (Å²) in [6.07, 6.45) is 0.772. The molecule has 1 aliphatic heterocycles. The van der Waals surface area contributed by atoms with Gasteiger partial charge in [-0.15, -0.1) is 0 Å². The van der Waals surface area contributed by atoms with Crippen LogP contribution in [0.25, 0.3) is 0 Å². The number of aliphatic hydroxyl groups excluding tert-OH is 1. The Hall–Kier alpha value is -0.170. The number of piperidine rings is 1. The van der Waals surface area contributed by atoms with Crippen molar-refractivity contribution in [1.29, 1.82) is 0 Å². The predicted octanol–water partition coefficient (Wildman–Crippen LogP) is -0.229. The maximum atomic E-state index is 11.9. The van der Waals surface area contributed by atoms with Gasteiger partial charge in [-0.25, -0.2) is 12.7 Å². The highest BCUT2D eigenvalue weighted by Gasteiger charge is 2.26. The van der Waals surface area contributed by atoms with Gasteiger partial charge in [0, 0.05) is 25.7 Å². The van der Waals surface area contributed by atoms with Crippen molar-refractivity contribution < 1.29 is 13.5 Å². The molecule has 5 nitrogen and oxygen atoms in total. The molecule has 0 bridgehead atoms. The number of hydrogen-bond donors (Lipinski definition) is 2. The third-order valence-corrected chi connectivity index (χ3v) is 4.60. The first-order valence-electron chi connectivity index (χ1n) is 5.81. The van der Waals surface area contributed by atoms with Crippen LogP contribution in [0.5, 0.6) is 0 Å². The molecule has 6 heteroatoms. The lowest BCUT2D eigenvalue weighted by Crippen LogP contribution is -2.43. The van der Waals surface area contributed by atoms with Crippen LogP contribution in [0.1, 0.15) is 26.7 Å². The number of nitrogens with one attached hydrogen (secondary N) is 1. The summed E-state index contributed by atoms with van der Waals surface area (Å²) in [5.41, 5.74) is 0. The lowest BCUT2D eigenvalue weighted by atomic mass is 10.1. The molecule has 16 heavy (non-hydrogen) atoms. The third-order valence-electron chi connectivity index (χ3n) is 2.73. The van der Waals surface area contributed by atoms with Crippen LogP contribution in [0.15, 0.2) is 0 Å². The summed E-state index contributed by atoms with van der Waals surface area (Å²) in [6.45, 7) is 5.36. The largest absolute Gasteiger partial charge is 0.393 e. The maximum absolute atomic E-state index is 11.9. The Morgan fingerprint density at radius 2 is 1.94 bits per heavy atom. The second-order valence-electron chi connectivity index (χ2n) is 4.56. The zero-order valence-corrected chi connectivity index (χ0v) is 10.8. The molecular formula is C10H22N2O3S. The van der Waals surface area contributed by atoms with E-state index in [1.54, 1.807) is 0 Å². The fourth-order valence-electron chi connectivity index (χ4n) is 1.73. The summed E-state index contributed by atoms with van der Waals surface area (Å²) in [7, 11) is -3.14. The first-order valence-corrected chi connectivity index (χ1v) is 7.42. The number of nitrogens with zero attached hydrogens (tertiary/aromatic N) is 1. The molecule has 96 valence electrons. The molecule has 0 saturated carbocycles. The van der Waals surface area contributed by atoms with Crippen LogP contribution in [0.4, 0.5) is 0 Å². The molecular weight excluding hydrogens is 228 g/mol. The van der Waals surface area contributed by atoms with Gasteiger partial charge in [-0.1, -0.05) is 13.8 Å². The summed E-state index contributed by atoms with van der Waals surface area (Å²) in [6, 6.07) is 0.304. The Kier molecular flexibility index (Phi) is 5.17. The summed E-state index contributed by atoms with van der Waals surface area (Å²) < 4.78 is 25.2. The van der Waals surface area contributed by atoms with Gasteiger partial charge in [0.25, 0.3) is 0 Å². The van der Waals surface area contributed by atoms with Gasteiger partial charge in [0.15, 0.2) is 0 Å². The minimum atomic E-state index is -3.14. The first-order chi connectivity index (χ1) is 7.42. The highest BCUT2D eigenvalue weighted by molar-refractivity contribution is 7.89. The van der Waals surface area contributed by atoms with E-state index in [0.29, 0.717) is 38.5 Å². The van der Waals surface area contributed by atoms with Crippen molar-refractivity contribution in [2.75, 3.05) is 25.4 Å². The van der Waals surface area contributed by atoms with Crippen molar-refractivity contribution >= 4 is 10.0 Å². The van der Waals surface area contributed by atoms with Crippen molar-refractivity contribution in [3.05, 3.63) is 0 Å². The fourth-order valence-corrected chi connectivity index (χ4v) is 3.13. The Morgan fingerprint density at radius 1 is 1.38 bits per heavy atom. The monoisotopic (exact) mass is 250 g/mol. The van der Waals surface area contributed by atoms with E-state index in [2.05, 4.69) is 5.32 Å². The van der Waals surface area contributed by atoms with Crippen LogP contribution in [-0.4, -0.2) is 55.4 Å². The van der Waals surface area contributed by atoms with E-state index in [1.807, 2.05) is 13.8 Å². The normalized spacial score (nSPS) is 20.5. The quantitative estimate of drug-likeness (QED) is 0.707. The Bertz CT molecular complexity index is 295. The molecule has 0 aromatic heterocycles. The molecule has 0 amide bonds. The Morgan fingerprint density at radius 3 is 2.44 bits per heavy atom. The van der Waals surface area contributed by atoms with Gasteiger partial charge in [-0.3, -0.25) is 0 Å². The molecule has 2 N–H and O–H groups in total. The van der Waals surface area contributed by atoms with Gasteiger partial charge >= 0.3 is 0 Å². The molecule has 1 heterocycles. The van der Waals surface area contributed by atoms with E-state index in [0.717, 1.165) is 0 Å². The molecule has 0 unspecified atom stereocenters. The van der Waals surface area contributed by atoms with Crippen LogP contribution in [0.3, 0.4) is 0 Å². The summed E-state index contributed by atoms with van der Waals surface area (Å²) in [5, 5.41) is 12.4. The van der Waals surface area contributed by atoms with Crippen molar-refractivity contribution in [3.63, 3.8) is 0 Å². The van der Waals surface area contributed by atoms with E-state index < -0.39 is 10.0 Å². The Balaban J connectivity index is 2.38. The molecule has 0 aromatic rings. The summed E-state index contributed by atoms with van der Waals surface area (Å²) in [5.74, 6) is 0.140. The van der Waals surface area contributed by atoms with E-state index in [1.165, 1.54) is 4.31 Å². The van der Waals surface area contributed by atoms with Crippen molar-refractivity contribution in [3.8, 4) is 0 Å². The zero-order chi connectivity index (χ0) is 12.2. The molecule has 0 aromatic carbocycles. The first kappa shape index (κ1) is 13.9. The van der Waals surface area contributed by atoms with Crippen LogP contribution >= 0.6 is 0 Å². The average molecular weight is 250 g/mol. The molecule has 0 aliphatic carbocycles. The van der Waals surface area contributed by atoms with E-state index in [-0.39, 0.29) is 11.9 Å². The lowest BCUT2D eigenvalue weighted by Gasteiger charge is -2.28. The molecule has 0 spiro atoms. The summed E-state index contributed by atoms with van der Waals surface area (Å²) >= 11 is 0. The second kappa shape index (κ2) is 5.95. The molecule has 1 rings (SSSR count). The Labute approximate surface area is 97.9 Å². The minimum Gasteiger partial charge on any atom is -0.393 e. The topological polar surface area (TPSA) is 69.6 Å². The molecule has 0 atom stereocenters. The van der Waals surface area contributed by atoms with Gasteiger partial charge in [-0.05, 0) is 12.8 Å². The van der Waals surface area contributed by atoms with Gasteiger partial charge in [0.1, 0.15) is 0 Å².